The van der Waals surface area contributed by atoms with Crippen molar-refractivity contribution in [3.63, 3.8) is 0 Å². The second kappa shape index (κ2) is 3.78. The molecular formula is C12H20N2S. The molecule has 1 heterocycles. The highest BCUT2D eigenvalue weighted by Crippen LogP contribution is 2.33. The van der Waals surface area contributed by atoms with E-state index in [0.717, 1.165) is 10.6 Å². The summed E-state index contributed by atoms with van der Waals surface area (Å²) in [5.41, 5.74) is 1.40. The van der Waals surface area contributed by atoms with Gasteiger partial charge in [-0.1, -0.05) is 25.1 Å². The van der Waals surface area contributed by atoms with Gasteiger partial charge >= 0.3 is 0 Å². The van der Waals surface area contributed by atoms with Gasteiger partial charge in [-0.3, -0.25) is 4.68 Å². The van der Waals surface area contributed by atoms with Crippen molar-refractivity contribution in [1.29, 1.82) is 0 Å². The van der Waals surface area contributed by atoms with Gasteiger partial charge in [-0.05, 0) is 39.7 Å². The van der Waals surface area contributed by atoms with Crippen LogP contribution in [0.25, 0.3) is 0 Å². The average molecular weight is 224 g/mol. The topological polar surface area (TPSA) is 20.7 Å². The van der Waals surface area contributed by atoms with Crippen LogP contribution in [0, 0.1) is 4.64 Å². The van der Waals surface area contributed by atoms with E-state index in [1.807, 2.05) is 0 Å². The maximum atomic E-state index is 5.39. The molecule has 0 radical (unpaired) electrons. The summed E-state index contributed by atoms with van der Waals surface area (Å²) in [5.74, 6) is 0.718. The van der Waals surface area contributed by atoms with E-state index in [2.05, 4.69) is 36.6 Å². The van der Waals surface area contributed by atoms with Crippen molar-refractivity contribution in [2.75, 3.05) is 0 Å². The van der Waals surface area contributed by atoms with Crippen LogP contribution in [-0.2, 0) is 5.54 Å². The van der Waals surface area contributed by atoms with Crippen LogP contribution in [0.3, 0.4) is 0 Å². The van der Waals surface area contributed by atoms with Crippen molar-refractivity contribution in [1.82, 2.24) is 9.78 Å². The molecule has 1 saturated carbocycles. The molecule has 2 rings (SSSR count). The average Bonchev–Trinajstić information content (AvgIpc) is 2.68. The molecule has 0 bridgehead atoms. The van der Waals surface area contributed by atoms with E-state index in [1.54, 1.807) is 0 Å². The molecule has 0 saturated heterocycles. The van der Waals surface area contributed by atoms with E-state index in [4.69, 9.17) is 12.2 Å². The van der Waals surface area contributed by atoms with Crippen LogP contribution in [0.1, 0.15) is 58.1 Å². The maximum Gasteiger partial charge on any atom is 0.122 e. The molecule has 84 valence electrons. The number of nitrogens with one attached hydrogen (secondary N) is 1. The summed E-state index contributed by atoms with van der Waals surface area (Å²) in [4.78, 5) is 0. The van der Waals surface area contributed by atoms with Crippen molar-refractivity contribution in [3.8, 4) is 0 Å². The fourth-order valence-corrected chi connectivity index (χ4v) is 2.80. The van der Waals surface area contributed by atoms with Crippen LogP contribution in [0.4, 0.5) is 0 Å². The highest BCUT2D eigenvalue weighted by molar-refractivity contribution is 7.71. The Labute approximate surface area is 96.7 Å². The fourth-order valence-electron chi connectivity index (χ4n) is 2.36. The van der Waals surface area contributed by atoms with E-state index in [9.17, 15) is 0 Å². The number of H-pyrrole nitrogens is 1. The van der Waals surface area contributed by atoms with Gasteiger partial charge in [0.05, 0.1) is 5.54 Å². The molecule has 0 aromatic carbocycles. The summed E-state index contributed by atoms with van der Waals surface area (Å²) >= 11 is 5.39. The SMILES string of the molecule is CC(C)(C)n1[nH]c(C2CCCC2)cc1=S. The third-order valence-corrected chi connectivity index (χ3v) is 3.51. The first-order valence-corrected chi connectivity index (χ1v) is 6.22. The zero-order valence-corrected chi connectivity index (χ0v) is 10.7. The van der Waals surface area contributed by atoms with Gasteiger partial charge in [0.2, 0.25) is 0 Å². The number of rotatable bonds is 1. The van der Waals surface area contributed by atoms with Crippen LogP contribution in [0.2, 0.25) is 0 Å². The summed E-state index contributed by atoms with van der Waals surface area (Å²) < 4.78 is 3.04. The Kier molecular flexibility index (Phi) is 2.75. The van der Waals surface area contributed by atoms with Gasteiger partial charge in [-0.25, -0.2) is 0 Å². The first-order chi connectivity index (χ1) is 6.98. The predicted octanol–water partition coefficient (Wildman–Crippen LogP) is 3.96. The Morgan fingerprint density at radius 3 is 2.40 bits per heavy atom. The van der Waals surface area contributed by atoms with Crippen LogP contribution >= 0.6 is 12.2 Å². The molecule has 0 spiro atoms. The molecular weight excluding hydrogens is 204 g/mol. The number of aromatic nitrogens is 2. The highest BCUT2D eigenvalue weighted by atomic mass is 32.1. The summed E-state index contributed by atoms with van der Waals surface area (Å²) in [6.45, 7) is 6.53. The quantitative estimate of drug-likeness (QED) is 0.716. The maximum absolute atomic E-state index is 5.39. The van der Waals surface area contributed by atoms with E-state index in [-0.39, 0.29) is 5.54 Å². The second-order valence-corrected chi connectivity index (χ2v) is 5.96. The monoisotopic (exact) mass is 224 g/mol. The molecule has 1 aromatic rings. The lowest BCUT2D eigenvalue weighted by Crippen LogP contribution is -2.23. The number of hydrogen-bond donors (Lipinski definition) is 1. The summed E-state index contributed by atoms with van der Waals surface area (Å²) in [5, 5.41) is 3.48. The molecule has 1 N–H and O–H groups in total. The second-order valence-electron chi connectivity index (χ2n) is 5.54. The largest absolute Gasteiger partial charge is 0.301 e. The minimum absolute atomic E-state index is 0.0634. The molecule has 2 nitrogen and oxygen atoms in total. The smallest absolute Gasteiger partial charge is 0.122 e. The van der Waals surface area contributed by atoms with Gasteiger partial charge in [-0.15, -0.1) is 0 Å². The molecule has 0 unspecified atom stereocenters. The molecule has 0 atom stereocenters. The Balaban J connectivity index is 2.32. The van der Waals surface area contributed by atoms with Crippen molar-refractivity contribution < 1.29 is 0 Å². The van der Waals surface area contributed by atoms with Gasteiger partial charge in [-0.2, -0.15) is 0 Å². The fraction of sp³-hybridized carbons (Fsp3) is 0.750. The highest BCUT2D eigenvalue weighted by Gasteiger charge is 2.21. The van der Waals surface area contributed by atoms with Gasteiger partial charge in [0.25, 0.3) is 0 Å². The third-order valence-electron chi connectivity index (χ3n) is 3.21. The normalized spacial score (nSPS) is 18.6. The first-order valence-electron chi connectivity index (χ1n) is 5.81. The van der Waals surface area contributed by atoms with Gasteiger partial charge in [0.1, 0.15) is 4.64 Å². The lowest BCUT2D eigenvalue weighted by Gasteiger charge is -2.20. The molecule has 1 fully saturated rings. The lowest BCUT2D eigenvalue weighted by atomic mass is 10.1. The lowest BCUT2D eigenvalue weighted by molar-refractivity contribution is 0.347. The van der Waals surface area contributed by atoms with Crippen molar-refractivity contribution in [3.05, 3.63) is 16.4 Å². The van der Waals surface area contributed by atoms with Gasteiger partial charge in [0, 0.05) is 11.6 Å². The summed E-state index contributed by atoms with van der Waals surface area (Å²) in [6, 6.07) is 2.15. The molecule has 0 aliphatic heterocycles. The van der Waals surface area contributed by atoms with E-state index >= 15 is 0 Å². The minimum atomic E-state index is 0.0634. The van der Waals surface area contributed by atoms with Crippen molar-refractivity contribution in [2.45, 2.75) is 57.9 Å². The zero-order chi connectivity index (χ0) is 11.1. The minimum Gasteiger partial charge on any atom is -0.301 e. The number of aromatic amines is 1. The first kappa shape index (κ1) is 10.9. The Bertz CT molecular complexity index is 388. The van der Waals surface area contributed by atoms with Crippen LogP contribution in [-0.4, -0.2) is 9.78 Å². The Morgan fingerprint density at radius 1 is 1.33 bits per heavy atom. The van der Waals surface area contributed by atoms with Crippen LogP contribution in [0.5, 0.6) is 0 Å². The van der Waals surface area contributed by atoms with Gasteiger partial charge in [0.15, 0.2) is 0 Å². The van der Waals surface area contributed by atoms with Crippen molar-refractivity contribution in [2.24, 2.45) is 0 Å². The Hall–Kier alpha value is -0.570. The predicted molar refractivity (Wildman–Crippen MR) is 65.8 cm³/mol. The third kappa shape index (κ3) is 2.17. The summed E-state index contributed by atoms with van der Waals surface area (Å²) in [6.07, 6.45) is 5.37. The molecule has 3 heteroatoms. The van der Waals surface area contributed by atoms with E-state index in [1.165, 1.54) is 31.4 Å². The number of nitrogens with zero attached hydrogens (tertiary/aromatic N) is 1. The molecule has 15 heavy (non-hydrogen) atoms. The molecule has 1 aromatic heterocycles. The van der Waals surface area contributed by atoms with E-state index < -0.39 is 0 Å². The van der Waals surface area contributed by atoms with Gasteiger partial charge < -0.3 is 5.10 Å². The van der Waals surface area contributed by atoms with Crippen LogP contribution in [0.15, 0.2) is 6.07 Å². The standard InChI is InChI=1S/C12H20N2S/c1-12(2,3)14-11(15)8-10(13-14)9-6-4-5-7-9/h8-9,13H,4-7H2,1-3H3. The van der Waals surface area contributed by atoms with Crippen LogP contribution < -0.4 is 0 Å². The van der Waals surface area contributed by atoms with Crippen molar-refractivity contribution >= 4 is 12.2 Å². The molecule has 1 aliphatic rings. The molecule has 1 aliphatic carbocycles. The van der Waals surface area contributed by atoms with E-state index in [0.29, 0.717) is 0 Å². The number of hydrogen-bond acceptors (Lipinski definition) is 1. The zero-order valence-electron chi connectivity index (χ0n) is 9.84. The Morgan fingerprint density at radius 2 is 1.93 bits per heavy atom. The molecule has 0 amide bonds. The summed E-state index contributed by atoms with van der Waals surface area (Å²) in [7, 11) is 0.